The maximum Gasteiger partial charge on any atom is 0.223 e. The van der Waals surface area contributed by atoms with Gasteiger partial charge in [-0.05, 0) is 56.2 Å². The van der Waals surface area contributed by atoms with Crippen molar-refractivity contribution in [1.82, 2.24) is 5.32 Å². The summed E-state index contributed by atoms with van der Waals surface area (Å²) < 4.78 is 7.74. The first-order chi connectivity index (χ1) is 13.4. The van der Waals surface area contributed by atoms with Crippen molar-refractivity contribution in [2.75, 3.05) is 0 Å². The molecule has 0 aromatic heterocycles. The number of amides is 1. The number of carbonyl (C=O) groups excluding carboxylic acids is 1. The second kappa shape index (κ2) is 8.47. The van der Waals surface area contributed by atoms with Crippen LogP contribution in [0.25, 0.3) is 0 Å². The van der Waals surface area contributed by atoms with E-state index in [9.17, 15) is 4.79 Å². The van der Waals surface area contributed by atoms with Crippen LogP contribution < -0.4 is 5.32 Å². The molecule has 1 aliphatic heterocycles. The molecule has 1 heterocycles. The molecule has 0 bridgehead atoms. The lowest BCUT2D eigenvalue weighted by Crippen LogP contribution is -2.61. The van der Waals surface area contributed by atoms with Gasteiger partial charge in [0.25, 0.3) is 0 Å². The SMILES string of the molecule is C[C@H]1CC[C@H]2[C@H](C1)O[C@H](c1cccc(Br)c1)C[C@]2(C)NC(=O)C1CCCCC1. The average molecular weight is 448 g/mol. The monoisotopic (exact) mass is 447 g/mol. The van der Waals surface area contributed by atoms with Crippen molar-refractivity contribution < 1.29 is 9.53 Å². The lowest BCUT2D eigenvalue weighted by molar-refractivity contribution is -0.155. The first-order valence-corrected chi connectivity index (χ1v) is 12.0. The van der Waals surface area contributed by atoms with E-state index in [1.54, 1.807) is 0 Å². The Hall–Kier alpha value is -0.870. The first-order valence-electron chi connectivity index (χ1n) is 11.2. The Labute approximate surface area is 178 Å². The summed E-state index contributed by atoms with van der Waals surface area (Å²) in [7, 11) is 0. The van der Waals surface area contributed by atoms with Crippen molar-refractivity contribution in [3.8, 4) is 0 Å². The summed E-state index contributed by atoms with van der Waals surface area (Å²) in [5.41, 5.74) is 1.02. The molecule has 0 spiro atoms. The minimum atomic E-state index is -0.190. The fraction of sp³-hybridized carbons (Fsp3) is 0.708. The third kappa shape index (κ3) is 4.33. The maximum absolute atomic E-state index is 13.1. The van der Waals surface area contributed by atoms with Crippen LogP contribution in [0.15, 0.2) is 28.7 Å². The quantitative estimate of drug-likeness (QED) is 0.601. The molecule has 154 valence electrons. The molecule has 2 saturated carbocycles. The number of rotatable bonds is 3. The standard InChI is InChI=1S/C24H34BrNO2/c1-16-11-12-20-21(13-16)28-22(18-9-6-10-19(25)14-18)15-24(20,2)26-23(27)17-7-4-3-5-8-17/h6,9-10,14,16-17,20-22H,3-5,7-8,11-13,15H2,1-2H3,(H,26,27)/t16-,20-,21-,22-,24-/m0/s1. The van der Waals surface area contributed by atoms with Crippen molar-refractivity contribution in [3.05, 3.63) is 34.3 Å². The van der Waals surface area contributed by atoms with E-state index in [1.165, 1.54) is 31.2 Å². The van der Waals surface area contributed by atoms with E-state index in [-0.39, 0.29) is 29.6 Å². The molecular weight excluding hydrogens is 414 g/mol. The Morgan fingerprint density at radius 2 is 1.96 bits per heavy atom. The van der Waals surface area contributed by atoms with Crippen LogP contribution in [0.1, 0.15) is 83.3 Å². The number of carbonyl (C=O) groups is 1. The van der Waals surface area contributed by atoms with Crippen molar-refractivity contribution in [2.24, 2.45) is 17.8 Å². The normalized spacial score (nSPS) is 36.5. The van der Waals surface area contributed by atoms with Crippen molar-refractivity contribution in [1.29, 1.82) is 0 Å². The summed E-state index contributed by atoms with van der Waals surface area (Å²) in [6.45, 7) is 4.62. The fourth-order valence-corrected chi connectivity index (χ4v) is 6.22. The van der Waals surface area contributed by atoms with Crippen LogP contribution in [0.2, 0.25) is 0 Å². The van der Waals surface area contributed by atoms with Gasteiger partial charge in [-0.15, -0.1) is 0 Å². The van der Waals surface area contributed by atoms with E-state index in [4.69, 9.17) is 4.74 Å². The van der Waals surface area contributed by atoms with E-state index >= 15 is 0 Å². The van der Waals surface area contributed by atoms with Crippen LogP contribution in [-0.2, 0) is 9.53 Å². The molecule has 3 aliphatic rings. The van der Waals surface area contributed by atoms with Gasteiger partial charge >= 0.3 is 0 Å². The number of hydrogen-bond acceptors (Lipinski definition) is 2. The van der Waals surface area contributed by atoms with Crippen LogP contribution >= 0.6 is 15.9 Å². The van der Waals surface area contributed by atoms with Crippen LogP contribution in [0.3, 0.4) is 0 Å². The second-order valence-corrected chi connectivity index (χ2v) is 10.6. The molecule has 5 atom stereocenters. The molecule has 4 rings (SSSR count). The number of fused-ring (bicyclic) bond motifs is 1. The molecule has 28 heavy (non-hydrogen) atoms. The van der Waals surface area contributed by atoms with E-state index < -0.39 is 0 Å². The lowest BCUT2D eigenvalue weighted by Gasteiger charge is -2.52. The van der Waals surface area contributed by atoms with Gasteiger partial charge in [-0.25, -0.2) is 0 Å². The summed E-state index contributed by atoms with van der Waals surface area (Å²) in [6.07, 6.45) is 10.4. The summed E-state index contributed by atoms with van der Waals surface area (Å²) in [4.78, 5) is 13.1. The maximum atomic E-state index is 13.1. The van der Waals surface area contributed by atoms with Crippen LogP contribution in [-0.4, -0.2) is 17.6 Å². The van der Waals surface area contributed by atoms with E-state index in [2.05, 4.69) is 59.4 Å². The molecule has 1 N–H and O–H groups in total. The van der Waals surface area contributed by atoms with Crippen LogP contribution in [0.4, 0.5) is 0 Å². The highest BCUT2D eigenvalue weighted by Gasteiger charge is 2.49. The predicted octanol–water partition coefficient (Wildman–Crippen LogP) is 6.17. The summed E-state index contributed by atoms with van der Waals surface area (Å²) in [5.74, 6) is 1.61. The van der Waals surface area contributed by atoms with Crippen molar-refractivity contribution >= 4 is 21.8 Å². The Morgan fingerprint density at radius 3 is 2.71 bits per heavy atom. The minimum Gasteiger partial charge on any atom is -0.370 e. The Morgan fingerprint density at radius 1 is 1.18 bits per heavy atom. The lowest BCUT2D eigenvalue weighted by atomic mass is 9.66. The third-order valence-corrected chi connectivity index (χ3v) is 7.92. The molecule has 1 aromatic rings. The average Bonchev–Trinajstić information content (AvgIpc) is 2.68. The largest absolute Gasteiger partial charge is 0.370 e. The molecule has 1 aromatic carbocycles. The van der Waals surface area contributed by atoms with Crippen LogP contribution in [0.5, 0.6) is 0 Å². The Kier molecular flexibility index (Phi) is 6.17. The zero-order chi connectivity index (χ0) is 19.7. The molecule has 2 aliphatic carbocycles. The second-order valence-electron chi connectivity index (χ2n) is 9.69. The van der Waals surface area contributed by atoms with E-state index in [1.807, 2.05) is 0 Å². The molecule has 1 saturated heterocycles. The molecule has 3 fully saturated rings. The van der Waals surface area contributed by atoms with Gasteiger partial charge in [-0.2, -0.15) is 0 Å². The highest BCUT2D eigenvalue weighted by atomic mass is 79.9. The highest BCUT2D eigenvalue weighted by molar-refractivity contribution is 9.10. The van der Waals surface area contributed by atoms with Gasteiger partial charge in [0, 0.05) is 28.3 Å². The fourth-order valence-electron chi connectivity index (χ4n) is 5.80. The number of benzene rings is 1. The minimum absolute atomic E-state index is 0.0423. The van der Waals surface area contributed by atoms with Gasteiger partial charge in [-0.1, -0.05) is 60.7 Å². The van der Waals surface area contributed by atoms with Crippen LogP contribution in [0, 0.1) is 17.8 Å². The Balaban J connectivity index is 1.57. The molecular formula is C24H34BrNO2. The molecule has 0 unspecified atom stereocenters. The van der Waals surface area contributed by atoms with Gasteiger partial charge in [0.2, 0.25) is 5.91 Å². The van der Waals surface area contributed by atoms with Crippen molar-refractivity contribution in [2.45, 2.75) is 89.4 Å². The number of halogens is 1. The van der Waals surface area contributed by atoms with Crippen molar-refractivity contribution in [3.63, 3.8) is 0 Å². The zero-order valence-electron chi connectivity index (χ0n) is 17.3. The Bertz CT molecular complexity index is 702. The third-order valence-electron chi connectivity index (χ3n) is 7.43. The zero-order valence-corrected chi connectivity index (χ0v) is 18.8. The van der Waals surface area contributed by atoms with Gasteiger partial charge < -0.3 is 10.1 Å². The number of hydrogen-bond donors (Lipinski definition) is 1. The summed E-state index contributed by atoms with van der Waals surface area (Å²) in [5, 5.41) is 3.56. The molecule has 4 heteroatoms. The first kappa shape index (κ1) is 20.4. The van der Waals surface area contributed by atoms with Gasteiger partial charge in [0.05, 0.1) is 12.2 Å². The topological polar surface area (TPSA) is 38.3 Å². The molecule has 1 amide bonds. The smallest absolute Gasteiger partial charge is 0.223 e. The predicted molar refractivity (Wildman–Crippen MR) is 116 cm³/mol. The molecule has 0 radical (unpaired) electrons. The van der Waals surface area contributed by atoms with Gasteiger partial charge in [-0.3, -0.25) is 4.79 Å². The summed E-state index contributed by atoms with van der Waals surface area (Å²) in [6, 6.07) is 8.46. The van der Waals surface area contributed by atoms with E-state index in [0.29, 0.717) is 11.8 Å². The highest BCUT2D eigenvalue weighted by Crippen LogP contribution is 2.48. The number of ether oxygens (including phenoxy) is 1. The molecule has 3 nitrogen and oxygen atoms in total. The van der Waals surface area contributed by atoms with Gasteiger partial charge in [0.1, 0.15) is 0 Å². The summed E-state index contributed by atoms with van der Waals surface area (Å²) >= 11 is 3.60. The van der Waals surface area contributed by atoms with Gasteiger partial charge in [0.15, 0.2) is 0 Å². The number of nitrogens with one attached hydrogen (secondary N) is 1. The van der Waals surface area contributed by atoms with E-state index in [0.717, 1.165) is 36.6 Å².